The summed E-state index contributed by atoms with van der Waals surface area (Å²) in [7, 11) is 0. The van der Waals surface area contributed by atoms with Gasteiger partial charge in [0.2, 0.25) is 0 Å². The SMILES string of the molecule is O=[N+]([O-])c1cc(Br)cc(CNCCCOCCO)c1. The van der Waals surface area contributed by atoms with Crippen molar-refractivity contribution in [1.82, 2.24) is 5.32 Å². The molecule has 0 unspecified atom stereocenters. The Balaban J connectivity index is 2.31. The van der Waals surface area contributed by atoms with E-state index in [9.17, 15) is 10.1 Å². The molecule has 19 heavy (non-hydrogen) atoms. The molecule has 1 rings (SSSR count). The summed E-state index contributed by atoms with van der Waals surface area (Å²) in [4.78, 5) is 10.3. The predicted octanol–water partition coefficient (Wildman–Crippen LogP) is 1.85. The molecule has 0 aliphatic rings. The van der Waals surface area contributed by atoms with Crippen LogP contribution in [0.1, 0.15) is 12.0 Å². The van der Waals surface area contributed by atoms with Crippen molar-refractivity contribution in [1.29, 1.82) is 0 Å². The monoisotopic (exact) mass is 332 g/mol. The van der Waals surface area contributed by atoms with E-state index >= 15 is 0 Å². The molecule has 7 heteroatoms. The number of benzene rings is 1. The predicted molar refractivity (Wildman–Crippen MR) is 75.0 cm³/mol. The number of aliphatic hydroxyl groups is 1. The van der Waals surface area contributed by atoms with Gasteiger partial charge in [-0.25, -0.2) is 0 Å². The van der Waals surface area contributed by atoms with E-state index in [1.807, 2.05) is 6.07 Å². The lowest BCUT2D eigenvalue weighted by Gasteiger charge is -2.06. The Morgan fingerprint density at radius 3 is 2.84 bits per heavy atom. The van der Waals surface area contributed by atoms with E-state index in [1.165, 1.54) is 6.07 Å². The van der Waals surface area contributed by atoms with Crippen molar-refractivity contribution < 1.29 is 14.8 Å². The lowest BCUT2D eigenvalue weighted by Crippen LogP contribution is -2.16. The van der Waals surface area contributed by atoms with Crippen molar-refractivity contribution in [3.05, 3.63) is 38.3 Å². The molecule has 0 bridgehead atoms. The van der Waals surface area contributed by atoms with Crippen molar-refractivity contribution in [2.24, 2.45) is 0 Å². The van der Waals surface area contributed by atoms with Crippen LogP contribution in [0.5, 0.6) is 0 Å². The number of hydrogen-bond donors (Lipinski definition) is 2. The van der Waals surface area contributed by atoms with Gasteiger partial charge in [-0.05, 0) is 24.6 Å². The third-order valence-electron chi connectivity index (χ3n) is 2.36. The summed E-state index contributed by atoms with van der Waals surface area (Å²) in [6.45, 7) is 2.31. The van der Waals surface area contributed by atoms with E-state index < -0.39 is 4.92 Å². The minimum absolute atomic E-state index is 0.0368. The van der Waals surface area contributed by atoms with Crippen LogP contribution in [0.15, 0.2) is 22.7 Å². The molecule has 0 fully saturated rings. The first kappa shape index (κ1) is 16.0. The lowest BCUT2D eigenvalue weighted by molar-refractivity contribution is -0.385. The van der Waals surface area contributed by atoms with Crippen LogP contribution in [0.25, 0.3) is 0 Å². The van der Waals surface area contributed by atoms with Crippen molar-refractivity contribution in [3.63, 3.8) is 0 Å². The Morgan fingerprint density at radius 2 is 2.16 bits per heavy atom. The average molecular weight is 333 g/mol. The van der Waals surface area contributed by atoms with Crippen LogP contribution < -0.4 is 5.32 Å². The fraction of sp³-hybridized carbons (Fsp3) is 0.500. The molecule has 106 valence electrons. The fourth-order valence-electron chi connectivity index (χ4n) is 1.54. The van der Waals surface area contributed by atoms with Crippen molar-refractivity contribution >= 4 is 21.6 Å². The summed E-state index contributed by atoms with van der Waals surface area (Å²) in [5, 5.41) is 22.4. The molecule has 0 heterocycles. The summed E-state index contributed by atoms with van der Waals surface area (Å²) in [6.07, 6.45) is 0.829. The number of nitrogens with one attached hydrogen (secondary N) is 1. The fourth-order valence-corrected chi connectivity index (χ4v) is 2.07. The van der Waals surface area contributed by atoms with Crippen molar-refractivity contribution in [3.8, 4) is 0 Å². The molecule has 0 saturated heterocycles. The molecule has 0 radical (unpaired) electrons. The molecule has 1 aromatic rings. The molecule has 0 aliphatic heterocycles. The van der Waals surface area contributed by atoms with E-state index in [2.05, 4.69) is 21.2 Å². The van der Waals surface area contributed by atoms with Gasteiger partial charge in [0, 0.05) is 29.8 Å². The summed E-state index contributed by atoms with van der Waals surface area (Å²) in [5.74, 6) is 0. The second-order valence-electron chi connectivity index (χ2n) is 3.94. The van der Waals surface area contributed by atoms with Crippen LogP contribution in [0.4, 0.5) is 5.69 Å². The van der Waals surface area contributed by atoms with Crippen molar-refractivity contribution in [2.45, 2.75) is 13.0 Å². The Labute approximate surface area is 120 Å². The summed E-state index contributed by atoms with van der Waals surface area (Å²) < 4.78 is 5.82. The second kappa shape index (κ2) is 8.98. The normalized spacial score (nSPS) is 10.6. The maximum absolute atomic E-state index is 10.7. The molecule has 0 atom stereocenters. The van der Waals surface area contributed by atoms with Crippen molar-refractivity contribution in [2.75, 3.05) is 26.4 Å². The number of hydrogen-bond acceptors (Lipinski definition) is 5. The second-order valence-corrected chi connectivity index (χ2v) is 4.86. The van der Waals surface area contributed by atoms with E-state index in [0.29, 0.717) is 24.2 Å². The maximum atomic E-state index is 10.7. The molecular formula is C12H17BrN2O4. The van der Waals surface area contributed by atoms with E-state index in [4.69, 9.17) is 9.84 Å². The number of ether oxygens (including phenoxy) is 1. The smallest absolute Gasteiger partial charge is 0.270 e. The van der Waals surface area contributed by atoms with Gasteiger partial charge in [-0.3, -0.25) is 10.1 Å². The lowest BCUT2D eigenvalue weighted by atomic mass is 10.2. The number of halogens is 1. The van der Waals surface area contributed by atoms with Gasteiger partial charge < -0.3 is 15.2 Å². The average Bonchev–Trinajstić information content (AvgIpc) is 2.37. The highest BCUT2D eigenvalue weighted by Crippen LogP contribution is 2.21. The molecule has 2 N–H and O–H groups in total. The van der Waals surface area contributed by atoms with Crippen LogP contribution in [-0.2, 0) is 11.3 Å². The topological polar surface area (TPSA) is 84.6 Å². The van der Waals surface area contributed by atoms with Crippen LogP contribution in [0.2, 0.25) is 0 Å². The zero-order chi connectivity index (χ0) is 14.1. The van der Waals surface area contributed by atoms with E-state index in [1.54, 1.807) is 6.07 Å². The molecular weight excluding hydrogens is 316 g/mol. The molecule has 0 saturated carbocycles. The molecule has 0 amide bonds. The zero-order valence-corrected chi connectivity index (χ0v) is 12.1. The third kappa shape index (κ3) is 6.63. The highest BCUT2D eigenvalue weighted by atomic mass is 79.9. The number of non-ortho nitro benzene ring substituents is 1. The van der Waals surface area contributed by atoms with Gasteiger partial charge in [-0.2, -0.15) is 0 Å². The Morgan fingerprint density at radius 1 is 1.37 bits per heavy atom. The van der Waals surface area contributed by atoms with Crippen LogP contribution in [0.3, 0.4) is 0 Å². The number of nitrogens with zero attached hydrogens (tertiary/aromatic N) is 1. The standard InChI is InChI=1S/C12H17BrN2O4/c13-11-6-10(7-12(8-11)15(17)18)9-14-2-1-4-19-5-3-16/h6-8,14,16H,1-5,9H2. The zero-order valence-electron chi connectivity index (χ0n) is 10.5. The van der Waals surface area contributed by atoms with E-state index in [0.717, 1.165) is 18.5 Å². The number of rotatable bonds is 9. The highest BCUT2D eigenvalue weighted by molar-refractivity contribution is 9.10. The van der Waals surface area contributed by atoms with Gasteiger partial charge in [0.15, 0.2) is 0 Å². The first-order valence-electron chi connectivity index (χ1n) is 5.96. The quantitative estimate of drug-likeness (QED) is 0.409. The first-order valence-corrected chi connectivity index (χ1v) is 6.76. The molecule has 0 aromatic heterocycles. The number of nitro benzene ring substituents is 1. The molecule has 0 aliphatic carbocycles. The largest absolute Gasteiger partial charge is 0.394 e. The Kier molecular flexibility index (Phi) is 7.57. The summed E-state index contributed by atoms with van der Waals surface area (Å²) in [6, 6.07) is 4.88. The number of nitro groups is 1. The highest BCUT2D eigenvalue weighted by Gasteiger charge is 2.08. The van der Waals surface area contributed by atoms with Gasteiger partial charge in [0.25, 0.3) is 5.69 Å². The summed E-state index contributed by atoms with van der Waals surface area (Å²) >= 11 is 3.26. The molecule has 1 aromatic carbocycles. The van der Waals surface area contributed by atoms with Gasteiger partial charge in [-0.1, -0.05) is 15.9 Å². The van der Waals surface area contributed by atoms with E-state index in [-0.39, 0.29) is 12.3 Å². The van der Waals surface area contributed by atoms with Crippen LogP contribution in [-0.4, -0.2) is 36.4 Å². The first-order chi connectivity index (χ1) is 9.13. The summed E-state index contributed by atoms with van der Waals surface area (Å²) in [5.41, 5.74) is 0.940. The molecule has 6 nitrogen and oxygen atoms in total. The van der Waals surface area contributed by atoms with Gasteiger partial charge in [0.1, 0.15) is 0 Å². The minimum atomic E-state index is -0.406. The van der Waals surface area contributed by atoms with Crippen LogP contribution in [0, 0.1) is 10.1 Å². The third-order valence-corrected chi connectivity index (χ3v) is 2.82. The number of aliphatic hydroxyl groups excluding tert-OH is 1. The van der Waals surface area contributed by atoms with Crippen LogP contribution >= 0.6 is 15.9 Å². The van der Waals surface area contributed by atoms with Gasteiger partial charge in [0.05, 0.1) is 18.1 Å². The van der Waals surface area contributed by atoms with Gasteiger partial charge >= 0.3 is 0 Å². The van der Waals surface area contributed by atoms with Gasteiger partial charge in [-0.15, -0.1) is 0 Å². The Bertz CT molecular complexity index is 415. The minimum Gasteiger partial charge on any atom is -0.394 e. The Hall–Kier alpha value is -1.02. The maximum Gasteiger partial charge on any atom is 0.270 e. The molecule has 0 spiro atoms.